The van der Waals surface area contributed by atoms with Crippen molar-refractivity contribution in [2.75, 3.05) is 18.0 Å². The van der Waals surface area contributed by atoms with E-state index in [1.807, 2.05) is 36.9 Å². The zero-order chi connectivity index (χ0) is 19.7. The molecule has 1 aliphatic heterocycles. The molecule has 0 saturated carbocycles. The average Bonchev–Trinajstić information content (AvgIpc) is 3.28. The van der Waals surface area contributed by atoms with Gasteiger partial charge in [-0.05, 0) is 25.5 Å². The van der Waals surface area contributed by atoms with E-state index in [-0.39, 0.29) is 11.7 Å². The van der Waals surface area contributed by atoms with Gasteiger partial charge in [0.25, 0.3) is 5.56 Å². The van der Waals surface area contributed by atoms with Gasteiger partial charge in [0.1, 0.15) is 23.5 Å². The highest BCUT2D eigenvalue weighted by molar-refractivity contribution is 5.68. The minimum atomic E-state index is -0.488. The van der Waals surface area contributed by atoms with Crippen LogP contribution in [0.2, 0.25) is 0 Å². The number of rotatable bonds is 4. The molecule has 0 radical (unpaired) electrons. The van der Waals surface area contributed by atoms with Crippen LogP contribution in [0.1, 0.15) is 23.4 Å². The lowest BCUT2D eigenvalue weighted by Crippen LogP contribution is -2.27. The van der Waals surface area contributed by atoms with Crippen LogP contribution in [0.4, 0.5) is 5.69 Å². The van der Waals surface area contributed by atoms with Crippen LogP contribution in [-0.2, 0) is 0 Å². The van der Waals surface area contributed by atoms with Gasteiger partial charge in [-0.1, -0.05) is 5.16 Å². The van der Waals surface area contributed by atoms with Crippen LogP contribution in [-0.4, -0.2) is 39.5 Å². The van der Waals surface area contributed by atoms with Crippen LogP contribution in [0.3, 0.4) is 0 Å². The first kappa shape index (κ1) is 17.7. The fourth-order valence-corrected chi connectivity index (χ4v) is 3.48. The molecule has 0 aliphatic carbocycles. The van der Waals surface area contributed by atoms with Gasteiger partial charge in [-0.25, -0.2) is 10.1 Å². The summed E-state index contributed by atoms with van der Waals surface area (Å²) in [6.45, 7) is 4.96. The quantitative estimate of drug-likeness (QED) is 0.731. The van der Waals surface area contributed by atoms with E-state index < -0.39 is 5.56 Å². The van der Waals surface area contributed by atoms with Crippen LogP contribution in [0.15, 0.2) is 33.8 Å². The van der Waals surface area contributed by atoms with Crippen LogP contribution in [0, 0.1) is 25.2 Å². The van der Waals surface area contributed by atoms with Crippen LogP contribution in [0.25, 0.3) is 11.1 Å². The molecule has 1 saturated heterocycles. The number of nitrogens with zero attached hydrogens (tertiary/aromatic N) is 5. The summed E-state index contributed by atoms with van der Waals surface area (Å²) in [5, 5.41) is 19.3. The Balaban J connectivity index is 1.51. The maximum Gasteiger partial charge on any atom is 0.284 e. The second-order valence-corrected chi connectivity index (χ2v) is 6.63. The Morgan fingerprint density at radius 2 is 2.29 bits per heavy atom. The predicted molar refractivity (Wildman–Crippen MR) is 100 cm³/mol. The second-order valence-electron chi connectivity index (χ2n) is 6.63. The van der Waals surface area contributed by atoms with Crippen molar-refractivity contribution in [2.24, 2.45) is 0 Å². The number of aryl methyl sites for hydroxylation is 2. The number of ether oxygens (including phenoxy) is 1. The van der Waals surface area contributed by atoms with Gasteiger partial charge in [-0.15, -0.1) is 0 Å². The summed E-state index contributed by atoms with van der Waals surface area (Å²) in [6.07, 6.45) is 3.82. The van der Waals surface area contributed by atoms with Gasteiger partial charge in [0.05, 0.1) is 24.1 Å². The molecule has 1 fully saturated rings. The maximum atomic E-state index is 11.8. The van der Waals surface area contributed by atoms with Gasteiger partial charge in [0.15, 0.2) is 0 Å². The van der Waals surface area contributed by atoms with E-state index in [0.717, 1.165) is 29.0 Å². The number of aromatic amines is 1. The molecule has 1 unspecified atom stereocenters. The van der Waals surface area contributed by atoms with Gasteiger partial charge in [0.2, 0.25) is 5.88 Å². The SMILES string of the molecule is Cc1noc(C)c1-c1ccnc(OC2CCN(c3cn[nH]c(=O)c3C#N)C2)c1. The molecule has 9 nitrogen and oxygen atoms in total. The fourth-order valence-electron chi connectivity index (χ4n) is 3.48. The zero-order valence-electron chi connectivity index (χ0n) is 15.5. The van der Waals surface area contributed by atoms with Crippen molar-refractivity contribution in [1.82, 2.24) is 20.3 Å². The van der Waals surface area contributed by atoms with Gasteiger partial charge >= 0.3 is 0 Å². The predicted octanol–water partition coefficient (Wildman–Crippen LogP) is 1.97. The summed E-state index contributed by atoms with van der Waals surface area (Å²) < 4.78 is 11.3. The maximum absolute atomic E-state index is 11.8. The molecule has 4 rings (SSSR count). The molecule has 1 aliphatic rings. The Bertz CT molecular complexity index is 1090. The lowest BCUT2D eigenvalue weighted by molar-refractivity contribution is 0.216. The summed E-state index contributed by atoms with van der Waals surface area (Å²) in [5.74, 6) is 1.25. The normalized spacial score (nSPS) is 16.2. The standard InChI is InChI=1S/C19H18N6O3/c1-11-18(12(2)28-24-11)13-3-5-21-17(7-13)27-14-4-6-25(10-14)16-9-22-23-19(26)15(16)8-20/h3,5,7,9,14H,4,6,10H2,1-2H3,(H,23,26). The molecule has 3 aromatic heterocycles. The third kappa shape index (κ3) is 3.20. The van der Waals surface area contributed by atoms with Crippen molar-refractivity contribution >= 4 is 5.69 Å². The average molecular weight is 378 g/mol. The van der Waals surface area contributed by atoms with E-state index in [2.05, 4.69) is 20.3 Å². The van der Waals surface area contributed by atoms with Crippen LogP contribution in [0.5, 0.6) is 5.88 Å². The molecule has 1 atom stereocenters. The Kier molecular flexibility index (Phi) is 4.53. The van der Waals surface area contributed by atoms with Crippen molar-refractivity contribution in [2.45, 2.75) is 26.4 Å². The minimum Gasteiger partial charge on any atom is -0.472 e. The molecule has 1 N–H and O–H groups in total. The fraction of sp³-hybridized carbons (Fsp3) is 0.316. The van der Waals surface area contributed by atoms with Gasteiger partial charge in [-0.2, -0.15) is 10.4 Å². The third-order valence-corrected chi connectivity index (χ3v) is 4.78. The van der Waals surface area contributed by atoms with E-state index in [9.17, 15) is 10.1 Å². The molecular formula is C19H18N6O3. The van der Waals surface area contributed by atoms with E-state index in [1.54, 1.807) is 6.20 Å². The summed E-state index contributed by atoms with van der Waals surface area (Å²) >= 11 is 0. The lowest BCUT2D eigenvalue weighted by Gasteiger charge is -2.19. The van der Waals surface area contributed by atoms with Crippen molar-refractivity contribution in [3.8, 4) is 23.1 Å². The van der Waals surface area contributed by atoms with Crippen LogP contribution >= 0.6 is 0 Å². The van der Waals surface area contributed by atoms with Gasteiger partial charge in [-0.3, -0.25) is 4.79 Å². The highest BCUT2D eigenvalue weighted by atomic mass is 16.5. The first-order valence-corrected chi connectivity index (χ1v) is 8.85. The first-order valence-electron chi connectivity index (χ1n) is 8.85. The number of aromatic nitrogens is 4. The van der Waals surface area contributed by atoms with Crippen LogP contribution < -0.4 is 15.2 Å². The summed E-state index contributed by atoms with van der Waals surface area (Å²) in [5.41, 5.74) is 2.78. The molecule has 28 heavy (non-hydrogen) atoms. The first-order chi connectivity index (χ1) is 13.6. The molecule has 9 heteroatoms. The van der Waals surface area contributed by atoms with Crippen molar-refractivity contribution in [3.05, 3.63) is 51.9 Å². The topological polar surface area (TPSA) is 121 Å². The summed E-state index contributed by atoms with van der Waals surface area (Å²) in [6, 6.07) is 5.70. The number of hydrogen-bond acceptors (Lipinski definition) is 8. The Morgan fingerprint density at radius 1 is 1.43 bits per heavy atom. The van der Waals surface area contributed by atoms with E-state index in [4.69, 9.17) is 9.26 Å². The number of hydrogen-bond donors (Lipinski definition) is 1. The smallest absolute Gasteiger partial charge is 0.284 e. The van der Waals surface area contributed by atoms with Gasteiger partial charge in [0, 0.05) is 30.8 Å². The molecule has 0 amide bonds. The Hall–Kier alpha value is -3.67. The highest BCUT2D eigenvalue weighted by Crippen LogP contribution is 2.29. The number of H-pyrrole nitrogens is 1. The second kappa shape index (κ2) is 7.15. The lowest BCUT2D eigenvalue weighted by atomic mass is 10.1. The van der Waals surface area contributed by atoms with Gasteiger partial charge < -0.3 is 14.2 Å². The van der Waals surface area contributed by atoms with Crippen molar-refractivity contribution < 1.29 is 9.26 Å². The third-order valence-electron chi connectivity index (χ3n) is 4.78. The summed E-state index contributed by atoms with van der Waals surface area (Å²) in [7, 11) is 0. The number of nitriles is 1. The molecule has 3 aromatic rings. The molecule has 0 spiro atoms. The van der Waals surface area contributed by atoms with Crippen molar-refractivity contribution in [3.63, 3.8) is 0 Å². The molecule has 0 bridgehead atoms. The monoisotopic (exact) mass is 378 g/mol. The number of anilines is 1. The van der Waals surface area contributed by atoms with E-state index >= 15 is 0 Å². The summed E-state index contributed by atoms with van der Waals surface area (Å²) in [4.78, 5) is 18.0. The van der Waals surface area contributed by atoms with E-state index in [0.29, 0.717) is 24.7 Å². The largest absolute Gasteiger partial charge is 0.472 e. The Labute approximate surface area is 160 Å². The molecule has 0 aromatic carbocycles. The molecular weight excluding hydrogens is 360 g/mol. The van der Waals surface area contributed by atoms with Crippen molar-refractivity contribution in [1.29, 1.82) is 5.26 Å². The molecule has 4 heterocycles. The van der Waals surface area contributed by atoms with E-state index in [1.165, 1.54) is 6.20 Å². The highest BCUT2D eigenvalue weighted by Gasteiger charge is 2.27. The Morgan fingerprint density at radius 3 is 3.04 bits per heavy atom. The molecule has 142 valence electrons. The number of nitrogens with one attached hydrogen (secondary N) is 1. The number of pyridine rings is 1. The zero-order valence-corrected chi connectivity index (χ0v) is 15.5. The minimum absolute atomic E-state index is 0.0641.